The first-order chi connectivity index (χ1) is 11.5. The number of nitrogens with one attached hydrogen (secondary N) is 1. The Balaban J connectivity index is 1.66. The first-order valence-electron chi connectivity index (χ1n) is 7.90. The van der Waals surface area contributed by atoms with Crippen molar-refractivity contribution < 1.29 is 14.1 Å². The molecule has 2 aromatic rings. The van der Waals surface area contributed by atoms with E-state index in [0.717, 1.165) is 18.8 Å². The van der Waals surface area contributed by atoms with Crippen LogP contribution in [-0.4, -0.2) is 28.8 Å². The Morgan fingerprint density at radius 3 is 2.71 bits per heavy atom. The van der Waals surface area contributed by atoms with E-state index in [1.807, 2.05) is 6.07 Å². The number of hydrogen-bond donors (Lipinski definition) is 1. The van der Waals surface area contributed by atoms with Crippen molar-refractivity contribution in [1.82, 2.24) is 4.90 Å². The second-order valence-corrected chi connectivity index (χ2v) is 5.96. The molecule has 24 heavy (non-hydrogen) atoms. The van der Waals surface area contributed by atoms with E-state index in [9.17, 15) is 14.9 Å². The summed E-state index contributed by atoms with van der Waals surface area (Å²) in [6.07, 6.45) is 2.40. The number of anilines is 1. The van der Waals surface area contributed by atoms with Gasteiger partial charge in [0, 0.05) is 17.8 Å². The Labute approximate surface area is 139 Å². The number of carbonyl (C=O) groups excluding carboxylic acids is 1. The van der Waals surface area contributed by atoms with Crippen LogP contribution in [0, 0.1) is 17.0 Å². The molecular formula is C17H19N3O4. The maximum Gasteiger partial charge on any atom is 0.291 e. The molecule has 1 aromatic heterocycles. The molecule has 7 heteroatoms. The van der Waals surface area contributed by atoms with Gasteiger partial charge in [0.1, 0.15) is 5.76 Å². The summed E-state index contributed by atoms with van der Waals surface area (Å²) in [6, 6.07) is 7.79. The van der Waals surface area contributed by atoms with E-state index in [4.69, 9.17) is 4.42 Å². The molecule has 1 amide bonds. The Morgan fingerprint density at radius 2 is 2.04 bits per heavy atom. The fourth-order valence-corrected chi connectivity index (χ4v) is 2.83. The zero-order valence-electron chi connectivity index (χ0n) is 13.4. The van der Waals surface area contributed by atoms with Crippen LogP contribution in [0.4, 0.5) is 11.4 Å². The van der Waals surface area contributed by atoms with E-state index in [0.29, 0.717) is 17.8 Å². The van der Waals surface area contributed by atoms with Gasteiger partial charge in [0.25, 0.3) is 11.6 Å². The molecule has 1 saturated heterocycles. The van der Waals surface area contributed by atoms with Gasteiger partial charge < -0.3 is 9.73 Å². The first-order valence-corrected chi connectivity index (χ1v) is 7.90. The minimum Gasteiger partial charge on any atom is -0.455 e. The second kappa shape index (κ2) is 6.84. The summed E-state index contributed by atoms with van der Waals surface area (Å²) >= 11 is 0. The van der Waals surface area contributed by atoms with Gasteiger partial charge in [-0.1, -0.05) is 0 Å². The number of benzene rings is 1. The lowest BCUT2D eigenvalue weighted by Crippen LogP contribution is -2.18. The van der Waals surface area contributed by atoms with Crippen LogP contribution in [0.15, 0.2) is 34.7 Å². The van der Waals surface area contributed by atoms with Crippen LogP contribution in [0.3, 0.4) is 0 Å². The van der Waals surface area contributed by atoms with E-state index in [-0.39, 0.29) is 17.4 Å². The number of nitrogens with zero attached hydrogens (tertiary/aromatic N) is 2. The average molecular weight is 329 g/mol. The zero-order chi connectivity index (χ0) is 17.1. The number of rotatable bonds is 5. The predicted octanol–water partition coefficient (Wildman–Crippen LogP) is 3.34. The Kier molecular flexibility index (Phi) is 4.61. The van der Waals surface area contributed by atoms with E-state index in [1.165, 1.54) is 31.0 Å². The number of nitro benzene ring substituents is 1. The molecule has 1 aliphatic rings. The van der Waals surface area contributed by atoms with Crippen molar-refractivity contribution in [3.8, 4) is 0 Å². The lowest BCUT2D eigenvalue weighted by Gasteiger charge is -2.11. The smallest absolute Gasteiger partial charge is 0.291 e. The highest BCUT2D eigenvalue weighted by Gasteiger charge is 2.17. The SMILES string of the molecule is Cc1cc([N+](=O)[O-])ccc1NC(=O)c1ccc(CN2CCCC2)o1. The molecule has 0 unspecified atom stereocenters. The quantitative estimate of drug-likeness (QED) is 0.671. The first kappa shape index (κ1) is 16.2. The summed E-state index contributed by atoms with van der Waals surface area (Å²) in [5.74, 6) is 0.643. The molecule has 1 aliphatic heterocycles. The largest absolute Gasteiger partial charge is 0.455 e. The molecule has 126 valence electrons. The summed E-state index contributed by atoms with van der Waals surface area (Å²) in [4.78, 5) is 24.9. The Morgan fingerprint density at radius 1 is 1.29 bits per heavy atom. The molecule has 0 radical (unpaired) electrons. The fraction of sp³-hybridized carbons (Fsp3) is 0.353. The van der Waals surface area contributed by atoms with Crippen molar-refractivity contribution in [2.24, 2.45) is 0 Å². The minimum atomic E-state index is -0.463. The highest BCUT2D eigenvalue weighted by Crippen LogP contribution is 2.22. The third-order valence-electron chi connectivity index (χ3n) is 4.13. The van der Waals surface area contributed by atoms with Crippen LogP contribution in [0.1, 0.15) is 34.7 Å². The second-order valence-electron chi connectivity index (χ2n) is 5.96. The van der Waals surface area contributed by atoms with Gasteiger partial charge in [-0.05, 0) is 56.6 Å². The van der Waals surface area contributed by atoms with E-state index in [2.05, 4.69) is 10.2 Å². The summed E-state index contributed by atoms with van der Waals surface area (Å²) in [6.45, 7) is 4.54. The molecule has 0 saturated carbocycles. The molecule has 1 N–H and O–H groups in total. The standard InChI is InChI=1S/C17H19N3O4/c1-12-10-13(20(22)23)4-6-15(12)18-17(21)16-7-5-14(24-16)11-19-8-2-3-9-19/h4-7,10H,2-3,8-9,11H2,1H3,(H,18,21). The Bertz CT molecular complexity index is 763. The highest BCUT2D eigenvalue weighted by atomic mass is 16.6. The molecule has 3 rings (SSSR count). The van der Waals surface area contributed by atoms with Crippen molar-refractivity contribution >= 4 is 17.3 Å². The predicted molar refractivity (Wildman–Crippen MR) is 89.0 cm³/mol. The van der Waals surface area contributed by atoms with Gasteiger partial charge in [-0.25, -0.2) is 0 Å². The molecule has 0 bridgehead atoms. The summed E-state index contributed by atoms with van der Waals surface area (Å²) in [5, 5.41) is 13.5. The van der Waals surface area contributed by atoms with Gasteiger partial charge in [0.15, 0.2) is 5.76 Å². The maximum absolute atomic E-state index is 12.3. The Hall–Kier alpha value is -2.67. The number of furan rings is 1. The summed E-state index contributed by atoms with van der Waals surface area (Å²) < 4.78 is 5.62. The maximum atomic E-state index is 12.3. The third kappa shape index (κ3) is 3.62. The van der Waals surface area contributed by atoms with Gasteiger partial charge in [0.05, 0.1) is 11.5 Å². The number of aryl methyl sites for hydroxylation is 1. The van der Waals surface area contributed by atoms with Crippen molar-refractivity contribution in [3.05, 3.63) is 57.5 Å². The highest BCUT2D eigenvalue weighted by molar-refractivity contribution is 6.02. The zero-order valence-corrected chi connectivity index (χ0v) is 13.4. The molecule has 1 aromatic carbocycles. The molecule has 0 atom stereocenters. The van der Waals surface area contributed by atoms with Gasteiger partial charge in [0.2, 0.25) is 0 Å². The molecule has 7 nitrogen and oxygen atoms in total. The van der Waals surface area contributed by atoms with Crippen molar-refractivity contribution in [2.45, 2.75) is 26.3 Å². The van der Waals surface area contributed by atoms with E-state index < -0.39 is 4.92 Å². The number of likely N-dealkylation sites (tertiary alicyclic amines) is 1. The normalized spacial score (nSPS) is 14.7. The fourth-order valence-electron chi connectivity index (χ4n) is 2.83. The van der Waals surface area contributed by atoms with Crippen LogP contribution in [0.25, 0.3) is 0 Å². The summed E-state index contributed by atoms with van der Waals surface area (Å²) in [7, 11) is 0. The summed E-state index contributed by atoms with van der Waals surface area (Å²) in [5.41, 5.74) is 1.15. The van der Waals surface area contributed by atoms with Crippen molar-refractivity contribution in [1.29, 1.82) is 0 Å². The van der Waals surface area contributed by atoms with Gasteiger partial charge in [-0.2, -0.15) is 0 Å². The molecule has 1 fully saturated rings. The molecule has 0 aliphatic carbocycles. The number of hydrogen-bond acceptors (Lipinski definition) is 5. The third-order valence-corrected chi connectivity index (χ3v) is 4.13. The van der Waals surface area contributed by atoms with Gasteiger partial charge >= 0.3 is 0 Å². The molecule has 2 heterocycles. The van der Waals surface area contributed by atoms with E-state index in [1.54, 1.807) is 13.0 Å². The van der Waals surface area contributed by atoms with Crippen molar-refractivity contribution in [2.75, 3.05) is 18.4 Å². The number of amides is 1. The van der Waals surface area contributed by atoms with Gasteiger partial charge in [-0.3, -0.25) is 19.8 Å². The number of carbonyl (C=O) groups is 1. The average Bonchev–Trinajstić information content (AvgIpc) is 3.21. The molecular weight excluding hydrogens is 310 g/mol. The van der Waals surface area contributed by atoms with Crippen LogP contribution in [-0.2, 0) is 6.54 Å². The lowest BCUT2D eigenvalue weighted by atomic mass is 10.2. The number of non-ortho nitro benzene ring substituents is 1. The topological polar surface area (TPSA) is 88.6 Å². The van der Waals surface area contributed by atoms with Crippen LogP contribution in [0.5, 0.6) is 0 Å². The van der Waals surface area contributed by atoms with Crippen molar-refractivity contribution in [3.63, 3.8) is 0 Å². The minimum absolute atomic E-state index is 0.00334. The molecule has 0 spiro atoms. The lowest BCUT2D eigenvalue weighted by molar-refractivity contribution is -0.384. The number of nitro groups is 1. The van der Waals surface area contributed by atoms with Crippen LogP contribution >= 0.6 is 0 Å². The monoisotopic (exact) mass is 329 g/mol. The van der Waals surface area contributed by atoms with Crippen LogP contribution in [0.2, 0.25) is 0 Å². The van der Waals surface area contributed by atoms with Crippen LogP contribution < -0.4 is 5.32 Å². The van der Waals surface area contributed by atoms with E-state index >= 15 is 0 Å². The van der Waals surface area contributed by atoms with Gasteiger partial charge in [-0.15, -0.1) is 0 Å².